The fourth-order valence-electron chi connectivity index (χ4n) is 2.52. The van der Waals surface area contributed by atoms with Gasteiger partial charge in [-0.2, -0.15) is 10.1 Å². The van der Waals surface area contributed by atoms with E-state index >= 15 is 0 Å². The van der Waals surface area contributed by atoms with Gasteiger partial charge in [0.15, 0.2) is 0 Å². The van der Waals surface area contributed by atoms with E-state index in [1.54, 1.807) is 0 Å². The lowest BCUT2D eigenvalue weighted by Crippen LogP contribution is -2.27. The van der Waals surface area contributed by atoms with E-state index in [9.17, 15) is 4.79 Å². The van der Waals surface area contributed by atoms with Gasteiger partial charge in [0.1, 0.15) is 0 Å². The second-order valence-corrected chi connectivity index (χ2v) is 6.89. The van der Waals surface area contributed by atoms with E-state index in [0.29, 0.717) is 11.0 Å². The summed E-state index contributed by atoms with van der Waals surface area (Å²) in [5, 5.41) is 6.61. The van der Waals surface area contributed by atoms with Crippen molar-refractivity contribution >= 4 is 38.3 Å². The number of benzene rings is 1. The topological polar surface area (TPSA) is 45.6 Å². The van der Waals surface area contributed by atoms with E-state index in [0.717, 1.165) is 28.8 Å². The second-order valence-electron chi connectivity index (χ2n) is 5.88. The van der Waals surface area contributed by atoms with Crippen molar-refractivity contribution < 1.29 is 4.79 Å². The Morgan fingerprint density at radius 3 is 2.81 bits per heavy atom. The Hall–Kier alpha value is -1.75. The molecule has 1 atom stereocenters. The number of carbonyl (C=O) groups excluding carboxylic acids is 1. The summed E-state index contributed by atoms with van der Waals surface area (Å²) in [5.41, 5.74) is 1.82. The summed E-state index contributed by atoms with van der Waals surface area (Å²) in [6.45, 7) is 6.30. The second kappa shape index (κ2) is 5.56. The molecule has 5 heteroatoms. The number of nitrogens with zero attached hydrogens (tertiary/aromatic N) is 3. The Bertz CT molecular complexity index is 671. The first-order chi connectivity index (χ1) is 10.1. The molecule has 0 saturated carbocycles. The zero-order chi connectivity index (χ0) is 15.0. The molecule has 1 aromatic carbocycles. The van der Waals surface area contributed by atoms with E-state index in [2.05, 4.69) is 23.9 Å². The predicted octanol–water partition coefficient (Wildman–Crippen LogP) is 4.07. The number of rotatable bonds is 4. The number of hydrogen-bond acceptors (Lipinski definition) is 4. The number of fused-ring (bicyclic) bond motifs is 1. The molecule has 3 rings (SSSR count). The fraction of sp³-hybridized carbons (Fsp3) is 0.438. The van der Waals surface area contributed by atoms with Crippen LogP contribution in [0.5, 0.6) is 0 Å². The summed E-state index contributed by atoms with van der Waals surface area (Å²) < 4.78 is 1.08. The lowest BCUT2D eigenvalue weighted by molar-refractivity contribution is -0.119. The van der Waals surface area contributed by atoms with E-state index < -0.39 is 0 Å². The molecule has 0 N–H and O–H groups in total. The monoisotopic (exact) mass is 301 g/mol. The van der Waals surface area contributed by atoms with Gasteiger partial charge in [0, 0.05) is 5.71 Å². The van der Waals surface area contributed by atoms with Gasteiger partial charge in [0.25, 0.3) is 5.91 Å². The minimum atomic E-state index is -0.0839. The highest BCUT2D eigenvalue weighted by Crippen LogP contribution is 2.33. The van der Waals surface area contributed by atoms with Crippen molar-refractivity contribution in [2.75, 3.05) is 5.01 Å². The largest absolute Gasteiger partial charge is 0.272 e. The third-order valence-corrected chi connectivity index (χ3v) is 4.78. The molecule has 2 heterocycles. The maximum atomic E-state index is 12.6. The van der Waals surface area contributed by atoms with Gasteiger partial charge in [-0.05, 0) is 37.8 Å². The van der Waals surface area contributed by atoms with Crippen LogP contribution in [0.3, 0.4) is 0 Å². The molecule has 2 aromatic rings. The molecule has 4 nitrogen and oxygen atoms in total. The third kappa shape index (κ3) is 2.70. The Morgan fingerprint density at radius 2 is 2.10 bits per heavy atom. The molecule has 1 aromatic heterocycles. The summed E-state index contributed by atoms with van der Waals surface area (Å²) in [5.74, 6) is 0.578. The molecule has 0 radical (unpaired) electrons. The zero-order valence-corrected chi connectivity index (χ0v) is 13.4. The number of para-hydroxylation sites is 1. The van der Waals surface area contributed by atoms with Crippen molar-refractivity contribution in [3.8, 4) is 0 Å². The van der Waals surface area contributed by atoms with Crippen molar-refractivity contribution in [3.05, 3.63) is 24.3 Å². The van der Waals surface area contributed by atoms with Crippen LogP contribution in [0.25, 0.3) is 10.2 Å². The third-order valence-electron chi connectivity index (χ3n) is 3.77. The maximum Gasteiger partial charge on any atom is 0.258 e. The van der Waals surface area contributed by atoms with Crippen molar-refractivity contribution in [3.63, 3.8) is 0 Å². The van der Waals surface area contributed by atoms with Gasteiger partial charge in [-0.1, -0.05) is 37.3 Å². The molecule has 0 spiro atoms. The van der Waals surface area contributed by atoms with Crippen molar-refractivity contribution in [2.45, 2.75) is 33.6 Å². The highest BCUT2D eigenvalue weighted by molar-refractivity contribution is 7.22. The number of amides is 1. The van der Waals surface area contributed by atoms with Crippen molar-refractivity contribution in [1.29, 1.82) is 0 Å². The van der Waals surface area contributed by atoms with Gasteiger partial charge >= 0.3 is 0 Å². The number of thiazole rings is 1. The lowest BCUT2D eigenvalue weighted by Gasteiger charge is -2.12. The quantitative estimate of drug-likeness (QED) is 0.854. The number of anilines is 1. The molecule has 1 aliphatic heterocycles. The first kappa shape index (κ1) is 14.2. The molecular formula is C16H19N3OS. The van der Waals surface area contributed by atoms with Crippen LogP contribution in [0.15, 0.2) is 29.4 Å². The molecule has 0 saturated heterocycles. The minimum Gasteiger partial charge on any atom is -0.272 e. The first-order valence-corrected chi connectivity index (χ1v) is 8.12. The molecule has 1 unspecified atom stereocenters. The Balaban J connectivity index is 1.85. The van der Waals surface area contributed by atoms with Gasteiger partial charge in [0.05, 0.1) is 16.1 Å². The molecule has 0 fully saturated rings. The predicted molar refractivity (Wildman–Crippen MR) is 87.8 cm³/mol. The summed E-state index contributed by atoms with van der Waals surface area (Å²) in [6.07, 6.45) is 1.91. The summed E-state index contributed by atoms with van der Waals surface area (Å²) in [7, 11) is 0. The van der Waals surface area contributed by atoms with Crippen LogP contribution in [-0.2, 0) is 4.79 Å². The average molecular weight is 301 g/mol. The van der Waals surface area contributed by atoms with Crippen molar-refractivity contribution in [1.82, 2.24) is 4.98 Å². The van der Waals surface area contributed by atoms with Crippen LogP contribution in [0.4, 0.5) is 5.13 Å². The standard InChI is InChI=1S/C16H19N3OS/c1-10(2)8-9-12-11(3)18-19(15(12)20)16-17-13-6-4-5-7-14(13)21-16/h4-7,10,12H,8-9H2,1-3H3. The molecule has 110 valence electrons. The smallest absolute Gasteiger partial charge is 0.258 e. The van der Waals surface area contributed by atoms with E-state index in [-0.39, 0.29) is 11.8 Å². The SMILES string of the molecule is CC1=NN(c2nc3ccccc3s2)C(=O)C1CCC(C)C. The van der Waals surface area contributed by atoms with Crippen molar-refractivity contribution in [2.24, 2.45) is 16.9 Å². The van der Waals surface area contributed by atoms with Gasteiger partial charge in [-0.15, -0.1) is 0 Å². The van der Waals surface area contributed by atoms with Crippen LogP contribution in [0, 0.1) is 11.8 Å². The van der Waals surface area contributed by atoms with Gasteiger partial charge < -0.3 is 0 Å². The lowest BCUT2D eigenvalue weighted by atomic mass is 9.94. The summed E-state index contributed by atoms with van der Waals surface area (Å²) in [4.78, 5) is 17.1. The summed E-state index contributed by atoms with van der Waals surface area (Å²) in [6, 6.07) is 7.92. The highest BCUT2D eigenvalue weighted by Gasteiger charge is 2.35. The molecule has 1 amide bonds. The average Bonchev–Trinajstić information content (AvgIpc) is 2.98. The molecule has 0 aliphatic carbocycles. The Kier molecular flexibility index (Phi) is 3.76. The first-order valence-electron chi connectivity index (χ1n) is 7.31. The number of carbonyl (C=O) groups is 1. The molecule has 1 aliphatic rings. The van der Waals surface area contributed by atoms with Crippen LogP contribution in [0.2, 0.25) is 0 Å². The Morgan fingerprint density at radius 1 is 1.33 bits per heavy atom. The van der Waals surface area contributed by atoms with Gasteiger partial charge in [-0.3, -0.25) is 4.79 Å². The van der Waals surface area contributed by atoms with Crippen LogP contribution < -0.4 is 5.01 Å². The van der Waals surface area contributed by atoms with E-state index in [1.807, 2.05) is 31.2 Å². The van der Waals surface area contributed by atoms with Crippen LogP contribution in [-0.4, -0.2) is 16.6 Å². The minimum absolute atomic E-state index is 0.0622. The van der Waals surface area contributed by atoms with Gasteiger partial charge in [0.2, 0.25) is 5.13 Å². The molecule has 21 heavy (non-hydrogen) atoms. The van der Waals surface area contributed by atoms with E-state index in [1.165, 1.54) is 16.3 Å². The van der Waals surface area contributed by atoms with E-state index in [4.69, 9.17) is 0 Å². The molecular weight excluding hydrogens is 282 g/mol. The van der Waals surface area contributed by atoms with Crippen LogP contribution >= 0.6 is 11.3 Å². The number of aromatic nitrogens is 1. The van der Waals surface area contributed by atoms with Gasteiger partial charge in [-0.25, -0.2) is 4.98 Å². The highest BCUT2D eigenvalue weighted by atomic mass is 32.1. The fourth-order valence-corrected chi connectivity index (χ4v) is 3.45. The summed E-state index contributed by atoms with van der Waals surface area (Å²) >= 11 is 1.51. The molecule has 0 bridgehead atoms. The Labute approximate surface area is 128 Å². The zero-order valence-electron chi connectivity index (χ0n) is 12.5. The maximum absolute atomic E-state index is 12.6. The normalized spacial score (nSPS) is 18.9. The number of hydrogen-bond donors (Lipinski definition) is 0. The van der Waals surface area contributed by atoms with Crippen LogP contribution in [0.1, 0.15) is 33.6 Å². The number of hydrazone groups is 1.